The fourth-order valence-electron chi connectivity index (χ4n) is 3.58. The fourth-order valence-corrected chi connectivity index (χ4v) is 3.58. The minimum Gasteiger partial charge on any atom is -0.367 e. The number of aromatic nitrogens is 1. The van der Waals surface area contributed by atoms with Crippen molar-refractivity contribution in [2.45, 2.75) is 12.8 Å². The Bertz CT molecular complexity index is 967. The number of anilines is 2. The van der Waals surface area contributed by atoms with Crippen LogP contribution >= 0.6 is 0 Å². The third-order valence-corrected chi connectivity index (χ3v) is 4.88. The van der Waals surface area contributed by atoms with Gasteiger partial charge < -0.3 is 14.8 Å². The molecule has 1 aliphatic heterocycles. The molecular formula is C20H19F2N3O. The van der Waals surface area contributed by atoms with Crippen molar-refractivity contribution < 1.29 is 13.6 Å². The predicted molar refractivity (Wildman–Crippen MR) is 98.7 cm³/mol. The summed E-state index contributed by atoms with van der Waals surface area (Å²) in [6.07, 6.45) is 1.86. The number of para-hydroxylation sites is 1. The molecule has 0 saturated carbocycles. The van der Waals surface area contributed by atoms with E-state index in [0.717, 1.165) is 23.7 Å². The van der Waals surface area contributed by atoms with Gasteiger partial charge in [-0.15, -0.1) is 0 Å². The molecule has 0 unspecified atom stereocenters. The van der Waals surface area contributed by atoms with Crippen LogP contribution in [0.15, 0.2) is 42.5 Å². The quantitative estimate of drug-likeness (QED) is 0.760. The van der Waals surface area contributed by atoms with E-state index in [0.29, 0.717) is 18.8 Å². The van der Waals surface area contributed by atoms with Crippen LogP contribution in [0.5, 0.6) is 0 Å². The van der Waals surface area contributed by atoms with Crippen molar-refractivity contribution in [1.29, 1.82) is 0 Å². The summed E-state index contributed by atoms with van der Waals surface area (Å²) < 4.78 is 30.6. The van der Waals surface area contributed by atoms with Crippen LogP contribution in [0.2, 0.25) is 0 Å². The average Bonchev–Trinajstić information content (AvgIpc) is 3.23. The molecule has 1 saturated heterocycles. The van der Waals surface area contributed by atoms with Crippen molar-refractivity contribution in [1.82, 2.24) is 4.57 Å². The number of carbonyl (C=O) groups is 1. The molecule has 1 aromatic heterocycles. The molecule has 3 aromatic rings. The van der Waals surface area contributed by atoms with Gasteiger partial charge in [-0.3, -0.25) is 4.79 Å². The topological polar surface area (TPSA) is 37.3 Å². The maximum absolute atomic E-state index is 14.4. The second-order valence-corrected chi connectivity index (χ2v) is 6.58. The zero-order valence-electron chi connectivity index (χ0n) is 14.4. The van der Waals surface area contributed by atoms with Crippen molar-refractivity contribution in [3.63, 3.8) is 0 Å². The van der Waals surface area contributed by atoms with Crippen LogP contribution in [0.4, 0.5) is 20.2 Å². The Labute approximate surface area is 150 Å². The van der Waals surface area contributed by atoms with Gasteiger partial charge in [-0.1, -0.05) is 18.2 Å². The maximum atomic E-state index is 14.4. The molecule has 0 spiro atoms. The molecule has 0 bridgehead atoms. The first-order chi connectivity index (χ1) is 12.5. The number of hydrogen-bond donors (Lipinski definition) is 1. The number of fused-ring (bicyclic) bond motifs is 1. The minimum absolute atomic E-state index is 0.00916. The lowest BCUT2D eigenvalue weighted by atomic mass is 10.2. The molecule has 1 aliphatic rings. The molecule has 0 atom stereocenters. The Kier molecular flexibility index (Phi) is 4.11. The van der Waals surface area contributed by atoms with Gasteiger partial charge in [0, 0.05) is 36.7 Å². The van der Waals surface area contributed by atoms with E-state index >= 15 is 0 Å². The number of nitrogens with one attached hydrogen (secondary N) is 1. The van der Waals surface area contributed by atoms with E-state index < -0.39 is 17.5 Å². The average molecular weight is 355 g/mol. The molecule has 134 valence electrons. The highest BCUT2D eigenvalue weighted by Crippen LogP contribution is 2.30. The van der Waals surface area contributed by atoms with E-state index in [9.17, 15) is 13.6 Å². The Hall–Kier alpha value is -2.89. The summed E-state index contributed by atoms with van der Waals surface area (Å²) in [4.78, 5) is 14.3. The van der Waals surface area contributed by atoms with Crippen LogP contribution in [-0.2, 0) is 7.05 Å². The highest BCUT2D eigenvalue weighted by atomic mass is 19.1. The number of halogens is 2. The van der Waals surface area contributed by atoms with Crippen molar-refractivity contribution >= 4 is 28.2 Å². The first kappa shape index (κ1) is 16.6. The summed E-state index contributed by atoms with van der Waals surface area (Å²) in [7, 11) is 1.79. The molecule has 4 nitrogen and oxygen atoms in total. The predicted octanol–water partition coefficient (Wildman–Crippen LogP) is 4.31. The largest absolute Gasteiger partial charge is 0.367 e. The van der Waals surface area contributed by atoms with Gasteiger partial charge in [0.2, 0.25) is 0 Å². The zero-order chi connectivity index (χ0) is 18.3. The first-order valence-electron chi connectivity index (χ1n) is 8.64. The van der Waals surface area contributed by atoms with Crippen LogP contribution in [0.1, 0.15) is 23.3 Å². The van der Waals surface area contributed by atoms with E-state index in [2.05, 4.69) is 5.32 Å². The summed E-state index contributed by atoms with van der Waals surface area (Å²) in [6, 6.07) is 11.7. The highest BCUT2D eigenvalue weighted by molar-refractivity contribution is 6.06. The van der Waals surface area contributed by atoms with Crippen LogP contribution < -0.4 is 10.2 Å². The maximum Gasteiger partial charge on any atom is 0.272 e. The third kappa shape index (κ3) is 2.81. The lowest BCUT2D eigenvalue weighted by Crippen LogP contribution is -2.21. The molecule has 2 aromatic carbocycles. The van der Waals surface area contributed by atoms with E-state index in [-0.39, 0.29) is 11.4 Å². The SMILES string of the molecule is Cn1c(C(=O)Nc2cc(F)c(N3CCCC3)c(F)c2)cc2ccccc21. The van der Waals surface area contributed by atoms with E-state index in [4.69, 9.17) is 0 Å². The lowest BCUT2D eigenvalue weighted by Gasteiger charge is -2.19. The van der Waals surface area contributed by atoms with Gasteiger partial charge >= 0.3 is 0 Å². The van der Waals surface area contributed by atoms with Gasteiger partial charge in [0.05, 0.1) is 0 Å². The Morgan fingerprint density at radius 2 is 1.69 bits per heavy atom. The van der Waals surface area contributed by atoms with E-state index in [1.54, 1.807) is 22.6 Å². The molecule has 1 fully saturated rings. The number of benzene rings is 2. The van der Waals surface area contributed by atoms with E-state index in [1.807, 2.05) is 24.3 Å². The first-order valence-corrected chi connectivity index (χ1v) is 8.64. The fraction of sp³-hybridized carbons (Fsp3) is 0.250. The molecule has 26 heavy (non-hydrogen) atoms. The number of amides is 1. The summed E-state index contributed by atoms with van der Waals surface area (Å²) in [5.41, 5.74) is 1.44. The summed E-state index contributed by atoms with van der Waals surface area (Å²) >= 11 is 0. The van der Waals surface area contributed by atoms with Crippen LogP contribution in [0, 0.1) is 11.6 Å². The van der Waals surface area contributed by atoms with Gasteiger partial charge in [0.25, 0.3) is 5.91 Å². The molecule has 1 N–H and O–H groups in total. The molecule has 4 rings (SSSR count). The summed E-state index contributed by atoms with van der Waals surface area (Å²) in [5.74, 6) is -1.71. The monoisotopic (exact) mass is 355 g/mol. The van der Waals surface area contributed by atoms with Crippen molar-refractivity contribution in [3.8, 4) is 0 Å². The smallest absolute Gasteiger partial charge is 0.272 e. The molecular weight excluding hydrogens is 336 g/mol. The highest BCUT2D eigenvalue weighted by Gasteiger charge is 2.22. The number of nitrogens with zero attached hydrogens (tertiary/aromatic N) is 2. The molecule has 6 heteroatoms. The Balaban J connectivity index is 1.62. The Morgan fingerprint density at radius 1 is 1.04 bits per heavy atom. The summed E-state index contributed by atoms with van der Waals surface area (Å²) in [6.45, 7) is 1.30. The van der Waals surface area contributed by atoms with Gasteiger partial charge in [-0.25, -0.2) is 8.78 Å². The normalized spacial score (nSPS) is 14.2. The van der Waals surface area contributed by atoms with Gasteiger partial charge in [0.15, 0.2) is 11.6 Å². The van der Waals surface area contributed by atoms with Crippen LogP contribution in [0.25, 0.3) is 10.9 Å². The zero-order valence-corrected chi connectivity index (χ0v) is 14.4. The molecule has 0 radical (unpaired) electrons. The standard InChI is InChI=1S/C20H19F2N3O/c1-24-17-7-3-2-6-13(17)10-18(24)20(26)23-14-11-15(21)19(16(22)12-14)25-8-4-5-9-25/h2-3,6-7,10-12H,4-5,8-9H2,1H3,(H,23,26). The third-order valence-electron chi connectivity index (χ3n) is 4.88. The van der Waals surface area contributed by atoms with Crippen LogP contribution in [-0.4, -0.2) is 23.6 Å². The molecule has 1 amide bonds. The number of carbonyl (C=O) groups excluding carboxylic acids is 1. The van der Waals surface area contributed by atoms with Gasteiger partial charge in [-0.05, 0) is 37.1 Å². The second-order valence-electron chi connectivity index (χ2n) is 6.58. The second kappa shape index (κ2) is 6.44. The number of rotatable bonds is 3. The van der Waals surface area contributed by atoms with E-state index in [1.165, 1.54) is 12.1 Å². The summed E-state index contributed by atoms with van der Waals surface area (Å²) in [5, 5.41) is 3.53. The van der Waals surface area contributed by atoms with Crippen molar-refractivity contribution in [2.75, 3.05) is 23.3 Å². The van der Waals surface area contributed by atoms with Crippen molar-refractivity contribution in [2.24, 2.45) is 7.05 Å². The molecule has 0 aliphatic carbocycles. The van der Waals surface area contributed by atoms with Gasteiger partial charge in [0.1, 0.15) is 11.4 Å². The minimum atomic E-state index is -0.653. The molecule has 2 heterocycles. The Morgan fingerprint density at radius 3 is 2.35 bits per heavy atom. The van der Waals surface area contributed by atoms with Crippen molar-refractivity contribution in [3.05, 3.63) is 59.8 Å². The number of aryl methyl sites for hydroxylation is 1. The lowest BCUT2D eigenvalue weighted by molar-refractivity contribution is 0.101. The van der Waals surface area contributed by atoms with Gasteiger partial charge in [-0.2, -0.15) is 0 Å². The van der Waals surface area contributed by atoms with Crippen LogP contribution in [0.3, 0.4) is 0 Å². The number of hydrogen-bond acceptors (Lipinski definition) is 2.